The Morgan fingerprint density at radius 3 is 2.73 bits per heavy atom. The first-order valence-electron chi connectivity index (χ1n) is 10.9. The van der Waals surface area contributed by atoms with E-state index in [2.05, 4.69) is 11.9 Å². The Morgan fingerprint density at radius 2 is 2.12 bits per heavy atom. The molecule has 0 aromatic heterocycles. The van der Waals surface area contributed by atoms with Crippen molar-refractivity contribution in [2.75, 3.05) is 6.54 Å². The number of carbonyl (C=O) groups is 3. The lowest BCUT2D eigenvalue weighted by molar-refractivity contribution is -0.149. The van der Waals surface area contributed by atoms with Crippen molar-refractivity contribution in [1.29, 1.82) is 0 Å². The third-order valence-corrected chi connectivity index (χ3v) is 6.49. The van der Waals surface area contributed by atoms with Gasteiger partial charge in [0.15, 0.2) is 5.11 Å². The summed E-state index contributed by atoms with van der Waals surface area (Å²) >= 11 is 4.90. The number of carboxylic acids is 1. The van der Waals surface area contributed by atoms with Crippen molar-refractivity contribution in [3.8, 4) is 0 Å². The molecule has 1 aromatic rings. The van der Waals surface area contributed by atoms with Crippen molar-refractivity contribution in [3.63, 3.8) is 0 Å². The molecular formula is C23H30N4O5S. The van der Waals surface area contributed by atoms with Crippen LogP contribution in [0.25, 0.3) is 6.08 Å². The van der Waals surface area contributed by atoms with Crippen molar-refractivity contribution in [3.05, 3.63) is 41.5 Å². The third-order valence-electron chi connectivity index (χ3n) is 6.37. The zero-order chi connectivity index (χ0) is 24.3. The maximum absolute atomic E-state index is 13.2. The van der Waals surface area contributed by atoms with Gasteiger partial charge in [-0.25, -0.2) is 9.59 Å². The second kappa shape index (κ2) is 10.2. The normalized spacial score (nSPS) is 21.2. The average Bonchev–Trinajstić information content (AvgIpc) is 3.40. The number of hydrogen-bond donors (Lipinski definition) is 3. The quantitative estimate of drug-likeness (QED) is 0.513. The maximum Gasteiger partial charge on any atom is 0.410 e. The van der Waals surface area contributed by atoms with Crippen LogP contribution >= 0.6 is 12.2 Å². The number of nitrogens with zero attached hydrogens (tertiary/aromatic N) is 2. The number of ether oxygens (including phenoxy) is 1. The number of likely N-dealkylation sites (tertiary alicyclic amines) is 1. The molecule has 1 fully saturated rings. The molecule has 4 N–H and O–H groups in total. The Morgan fingerprint density at radius 1 is 1.39 bits per heavy atom. The Balaban J connectivity index is 1.70. The average molecular weight is 475 g/mol. The highest BCUT2D eigenvalue weighted by atomic mass is 32.1. The monoisotopic (exact) mass is 474 g/mol. The molecule has 2 heterocycles. The van der Waals surface area contributed by atoms with Crippen molar-refractivity contribution in [2.45, 2.75) is 58.0 Å². The number of amides is 2. The summed E-state index contributed by atoms with van der Waals surface area (Å²) in [6, 6.07) is 3.95. The fraction of sp³-hybridized carbons (Fsp3) is 0.478. The van der Waals surface area contributed by atoms with E-state index >= 15 is 0 Å². The minimum atomic E-state index is -1.15. The Hall–Kier alpha value is -3.14. The molecule has 10 heteroatoms. The van der Waals surface area contributed by atoms with Crippen LogP contribution in [0, 0.1) is 5.92 Å². The van der Waals surface area contributed by atoms with Gasteiger partial charge in [-0.15, -0.1) is 0 Å². The molecule has 0 spiro atoms. The van der Waals surface area contributed by atoms with E-state index in [9.17, 15) is 19.5 Å². The number of hydrogen-bond acceptors (Lipinski definition) is 5. The molecule has 1 aromatic carbocycles. The first-order chi connectivity index (χ1) is 15.7. The van der Waals surface area contributed by atoms with Crippen LogP contribution in [-0.4, -0.2) is 62.7 Å². The van der Waals surface area contributed by atoms with Crippen LogP contribution in [0.15, 0.2) is 24.8 Å². The smallest absolute Gasteiger partial charge is 0.410 e. The van der Waals surface area contributed by atoms with Gasteiger partial charge in [-0.2, -0.15) is 0 Å². The summed E-state index contributed by atoms with van der Waals surface area (Å²) in [5, 5.41) is 12.5. The number of fused-ring (bicyclic) bond motifs is 1. The lowest BCUT2D eigenvalue weighted by Gasteiger charge is -2.30. The number of nitrogens with two attached hydrogens (primary N) is 1. The number of benzene rings is 1. The summed E-state index contributed by atoms with van der Waals surface area (Å²) in [7, 11) is 0. The number of aliphatic carboxylic acids is 1. The van der Waals surface area contributed by atoms with Crippen molar-refractivity contribution in [1.82, 2.24) is 15.1 Å². The fourth-order valence-electron chi connectivity index (χ4n) is 4.36. The first kappa shape index (κ1) is 24.5. The van der Waals surface area contributed by atoms with E-state index in [0.29, 0.717) is 19.5 Å². The highest BCUT2D eigenvalue weighted by Crippen LogP contribution is 2.29. The molecule has 2 aliphatic rings. The topological polar surface area (TPSA) is 125 Å². The summed E-state index contributed by atoms with van der Waals surface area (Å²) in [5.41, 5.74) is 8.60. The molecule has 2 aliphatic heterocycles. The first-order valence-corrected chi connectivity index (χ1v) is 11.3. The molecule has 33 heavy (non-hydrogen) atoms. The number of nitrogens with one attached hydrogen (secondary N) is 1. The lowest BCUT2D eigenvalue weighted by Crippen LogP contribution is -2.55. The van der Waals surface area contributed by atoms with Crippen LogP contribution in [0.5, 0.6) is 0 Å². The Kier molecular flexibility index (Phi) is 7.57. The Labute approximate surface area is 198 Å². The molecule has 9 nitrogen and oxygen atoms in total. The molecule has 0 bridgehead atoms. The largest absolute Gasteiger partial charge is 0.480 e. The van der Waals surface area contributed by atoms with Gasteiger partial charge in [0.1, 0.15) is 18.2 Å². The molecule has 0 aliphatic carbocycles. The van der Waals surface area contributed by atoms with Gasteiger partial charge in [-0.05, 0) is 34.8 Å². The van der Waals surface area contributed by atoms with E-state index in [0.717, 1.165) is 16.7 Å². The minimum absolute atomic E-state index is 0.00775. The zero-order valence-corrected chi connectivity index (χ0v) is 19.6. The maximum atomic E-state index is 13.2. The van der Waals surface area contributed by atoms with E-state index in [1.54, 1.807) is 11.0 Å². The van der Waals surface area contributed by atoms with Gasteiger partial charge < -0.3 is 25.8 Å². The van der Waals surface area contributed by atoms with E-state index in [1.165, 1.54) is 4.90 Å². The van der Waals surface area contributed by atoms with Crippen molar-refractivity contribution in [2.24, 2.45) is 11.7 Å². The summed E-state index contributed by atoms with van der Waals surface area (Å²) in [5.74, 6) is -1.70. The van der Waals surface area contributed by atoms with Gasteiger partial charge in [0.05, 0.1) is 13.1 Å². The van der Waals surface area contributed by atoms with Gasteiger partial charge in [-0.3, -0.25) is 9.69 Å². The fourth-order valence-corrected chi connectivity index (χ4v) is 4.49. The van der Waals surface area contributed by atoms with Crippen molar-refractivity contribution < 1.29 is 24.2 Å². The second-order valence-electron chi connectivity index (χ2n) is 8.50. The zero-order valence-electron chi connectivity index (χ0n) is 18.8. The predicted octanol–water partition coefficient (Wildman–Crippen LogP) is 2.08. The predicted molar refractivity (Wildman–Crippen MR) is 127 cm³/mol. The van der Waals surface area contributed by atoms with E-state index in [4.69, 9.17) is 22.7 Å². The molecule has 0 saturated carbocycles. The number of rotatable bonds is 7. The summed E-state index contributed by atoms with van der Waals surface area (Å²) in [4.78, 5) is 40.8. The van der Waals surface area contributed by atoms with Crippen LogP contribution in [-0.2, 0) is 27.4 Å². The highest BCUT2D eigenvalue weighted by Gasteiger charge is 2.44. The van der Waals surface area contributed by atoms with E-state index < -0.39 is 36.2 Å². The van der Waals surface area contributed by atoms with Crippen LogP contribution in [0.1, 0.15) is 43.4 Å². The van der Waals surface area contributed by atoms with Crippen LogP contribution < -0.4 is 11.1 Å². The lowest BCUT2D eigenvalue weighted by atomic mass is 9.97. The van der Waals surface area contributed by atoms with Crippen LogP contribution in [0.2, 0.25) is 0 Å². The standard InChI is InChI=1S/C23H30N4O5S/c1-4-13(3)19(25-22(24)33)20(28)27-11-16(9-18(27)21(29)30)32-23(31)26-10-15-8-6-7-14(5-2)17(15)12-26/h5-8,13,16,18-19H,2,4,9-12H2,1,3H3,(H,29,30)(H3,24,25,33)/t13-,16+,18-,19-/m0/s1. The van der Waals surface area contributed by atoms with E-state index in [-0.39, 0.29) is 24.0 Å². The number of carboxylic acid groups (broad SMARTS) is 1. The van der Waals surface area contributed by atoms with Crippen LogP contribution in [0.4, 0.5) is 4.79 Å². The number of thiocarbonyl (C=S) groups is 1. The molecule has 178 valence electrons. The SMILES string of the molecule is C=Cc1cccc2c1CN(C(=O)O[C@@H]1C[C@@H](C(=O)O)N(C(=O)[C@@H](NC(N)=S)[C@@H](C)CC)C1)C2. The van der Waals surface area contributed by atoms with Gasteiger partial charge >= 0.3 is 12.1 Å². The molecule has 0 radical (unpaired) electrons. The summed E-state index contributed by atoms with van der Waals surface area (Å²) in [6.07, 6.45) is 1.17. The number of carbonyl (C=O) groups excluding carboxylic acids is 2. The molecule has 2 amide bonds. The van der Waals surface area contributed by atoms with Gasteiger partial charge in [-0.1, -0.05) is 51.1 Å². The van der Waals surface area contributed by atoms with Gasteiger partial charge in [0.2, 0.25) is 5.91 Å². The van der Waals surface area contributed by atoms with Crippen LogP contribution in [0.3, 0.4) is 0 Å². The van der Waals surface area contributed by atoms with Gasteiger partial charge in [0, 0.05) is 13.0 Å². The third kappa shape index (κ3) is 5.27. The molecule has 3 rings (SSSR count). The van der Waals surface area contributed by atoms with Crippen molar-refractivity contribution >= 4 is 41.4 Å². The summed E-state index contributed by atoms with van der Waals surface area (Å²) < 4.78 is 5.64. The summed E-state index contributed by atoms with van der Waals surface area (Å²) in [6.45, 7) is 8.38. The highest BCUT2D eigenvalue weighted by molar-refractivity contribution is 7.80. The molecule has 1 saturated heterocycles. The minimum Gasteiger partial charge on any atom is -0.480 e. The molecular weight excluding hydrogens is 444 g/mol. The Bertz CT molecular complexity index is 968. The molecule has 0 unspecified atom stereocenters. The molecule has 4 atom stereocenters. The van der Waals surface area contributed by atoms with Gasteiger partial charge in [0.25, 0.3) is 0 Å². The second-order valence-corrected chi connectivity index (χ2v) is 8.94. The van der Waals surface area contributed by atoms with E-state index in [1.807, 2.05) is 32.0 Å².